The van der Waals surface area contributed by atoms with Crippen molar-refractivity contribution in [2.45, 2.75) is 108 Å². The minimum Gasteiger partial charge on any atom is -0.459 e. The van der Waals surface area contributed by atoms with Crippen LogP contribution < -0.4 is 9.47 Å². The quantitative estimate of drug-likeness (QED) is 0.0520. The third kappa shape index (κ3) is 9.84. The van der Waals surface area contributed by atoms with Crippen LogP contribution in [0.2, 0.25) is 0 Å². The van der Waals surface area contributed by atoms with E-state index in [4.69, 9.17) is 24.2 Å². The zero-order chi connectivity index (χ0) is 43.3. The van der Waals surface area contributed by atoms with Gasteiger partial charge in [0.25, 0.3) is 5.69 Å². The van der Waals surface area contributed by atoms with Gasteiger partial charge in [-0.25, -0.2) is 4.39 Å². The summed E-state index contributed by atoms with van der Waals surface area (Å²) >= 11 is 0. The van der Waals surface area contributed by atoms with Crippen molar-refractivity contribution in [3.05, 3.63) is 118 Å². The number of ether oxygens (including phenoxy) is 3. The normalized spacial score (nSPS) is 24.8. The number of aliphatic hydroxyl groups is 2. The Bertz CT molecular complexity index is 2110. The van der Waals surface area contributed by atoms with E-state index in [0.717, 1.165) is 55.2 Å². The Morgan fingerprint density at radius 2 is 1.75 bits per heavy atom. The summed E-state index contributed by atoms with van der Waals surface area (Å²) in [5.41, 5.74) is 2.46. The zero-order valence-corrected chi connectivity index (χ0v) is 35.3. The SMILES string of the molecule is C=CCO[C@@]12Oc3ccc(Oc4cccc([N+](=O)[O-])c4)cc3[C@H]3[C@H](CCCCO)[C@@H](CCCCO)C=C(C(=NOC(C)(C)C)C[C@@H]1N(Cc1ccc(F)cc1)C(=O)C1CC1)[C@H]32. The summed E-state index contributed by atoms with van der Waals surface area (Å²) in [4.78, 5) is 34.0. The van der Waals surface area contributed by atoms with E-state index in [1.165, 1.54) is 24.3 Å². The van der Waals surface area contributed by atoms with Crippen LogP contribution in [0.4, 0.5) is 10.1 Å². The van der Waals surface area contributed by atoms with Gasteiger partial charge in [-0.05, 0) is 119 Å². The second-order valence-electron chi connectivity index (χ2n) is 17.7. The van der Waals surface area contributed by atoms with E-state index in [1.54, 1.807) is 36.4 Å². The molecule has 61 heavy (non-hydrogen) atoms. The largest absolute Gasteiger partial charge is 0.459 e. The van der Waals surface area contributed by atoms with Crippen LogP contribution in [-0.2, 0) is 20.9 Å². The highest BCUT2D eigenvalue weighted by Gasteiger charge is 2.66. The number of benzene rings is 3. The fourth-order valence-corrected chi connectivity index (χ4v) is 9.39. The second-order valence-corrected chi connectivity index (χ2v) is 17.7. The molecule has 0 radical (unpaired) electrons. The molecule has 2 saturated carbocycles. The molecular formula is C48H58FN3O9. The Labute approximate surface area is 357 Å². The van der Waals surface area contributed by atoms with Crippen molar-refractivity contribution >= 4 is 17.3 Å². The van der Waals surface area contributed by atoms with Crippen molar-refractivity contribution in [3.63, 3.8) is 0 Å². The van der Waals surface area contributed by atoms with E-state index < -0.39 is 28.3 Å². The van der Waals surface area contributed by atoms with Crippen molar-refractivity contribution in [2.75, 3.05) is 19.8 Å². The minimum absolute atomic E-state index is 0.0189. The lowest BCUT2D eigenvalue weighted by Crippen LogP contribution is -2.70. The number of carbonyl (C=O) groups is 1. The summed E-state index contributed by atoms with van der Waals surface area (Å²) in [5.74, 6) is -1.56. The fraction of sp³-hybridized carbons (Fsp3) is 0.500. The molecule has 3 aliphatic carbocycles. The molecule has 326 valence electrons. The number of hydrogen-bond donors (Lipinski definition) is 2. The van der Waals surface area contributed by atoms with Crippen molar-refractivity contribution in [1.82, 2.24) is 4.90 Å². The van der Waals surface area contributed by atoms with Gasteiger partial charge >= 0.3 is 0 Å². The number of nitro benzene ring substituents is 1. The summed E-state index contributed by atoms with van der Waals surface area (Å²) in [7, 11) is 0. The van der Waals surface area contributed by atoms with Crippen LogP contribution >= 0.6 is 0 Å². The number of oxime groups is 1. The van der Waals surface area contributed by atoms with Gasteiger partial charge in [0.1, 0.15) is 34.7 Å². The van der Waals surface area contributed by atoms with Crippen LogP contribution in [0.25, 0.3) is 0 Å². The number of hydrogen-bond acceptors (Lipinski definition) is 10. The predicted octanol–water partition coefficient (Wildman–Crippen LogP) is 9.40. The van der Waals surface area contributed by atoms with Crippen molar-refractivity contribution in [3.8, 4) is 17.2 Å². The van der Waals surface area contributed by atoms with Gasteiger partial charge in [-0.1, -0.05) is 48.3 Å². The second kappa shape index (κ2) is 18.9. The Morgan fingerprint density at radius 3 is 2.43 bits per heavy atom. The number of nitro groups is 1. The van der Waals surface area contributed by atoms with Gasteiger partial charge in [0.15, 0.2) is 0 Å². The molecule has 1 heterocycles. The van der Waals surface area contributed by atoms with Crippen LogP contribution in [0.5, 0.6) is 17.2 Å². The number of fused-ring (bicyclic) bond motifs is 2. The molecule has 0 spiro atoms. The summed E-state index contributed by atoms with van der Waals surface area (Å²) in [6.45, 7) is 10.2. The fourth-order valence-electron chi connectivity index (χ4n) is 9.39. The molecule has 1 amide bonds. The number of nitrogens with zero attached hydrogens (tertiary/aromatic N) is 3. The Balaban J connectivity index is 1.46. The third-order valence-corrected chi connectivity index (χ3v) is 12.2. The van der Waals surface area contributed by atoms with Crippen LogP contribution in [0.3, 0.4) is 0 Å². The molecule has 6 atom stereocenters. The van der Waals surface area contributed by atoms with Gasteiger partial charge in [-0.3, -0.25) is 14.9 Å². The monoisotopic (exact) mass is 839 g/mol. The Morgan fingerprint density at radius 1 is 1.03 bits per heavy atom. The number of aliphatic hydroxyl groups excluding tert-OH is 2. The lowest BCUT2D eigenvalue weighted by Gasteiger charge is -2.60. The molecule has 0 saturated heterocycles. The van der Waals surface area contributed by atoms with Crippen molar-refractivity contribution < 1.29 is 43.4 Å². The highest BCUT2D eigenvalue weighted by atomic mass is 19.1. The summed E-state index contributed by atoms with van der Waals surface area (Å²) < 4.78 is 35.0. The molecule has 2 N–H and O–H groups in total. The Hall–Kier alpha value is -5.11. The van der Waals surface area contributed by atoms with E-state index >= 15 is 0 Å². The molecule has 2 fully saturated rings. The molecule has 0 bridgehead atoms. The van der Waals surface area contributed by atoms with E-state index in [2.05, 4.69) is 12.7 Å². The van der Waals surface area contributed by atoms with Crippen molar-refractivity contribution in [1.29, 1.82) is 0 Å². The minimum atomic E-state index is -1.46. The molecule has 7 rings (SSSR count). The van der Waals surface area contributed by atoms with E-state index in [0.29, 0.717) is 35.8 Å². The number of carbonyl (C=O) groups excluding carboxylic acids is 1. The first kappa shape index (κ1) is 44.0. The van der Waals surface area contributed by atoms with Gasteiger partial charge in [-0.2, -0.15) is 0 Å². The third-order valence-electron chi connectivity index (χ3n) is 12.2. The van der Waals surface area contributed by atoms with Gasteiger partial charge in [0.05, 0.1) is 29.2 Å². The molecule has 3 aromatic rings. The number of unbranched alkanes of at least 4 members (excludes halogenated alkanes) is 2. The van der Waals surface area contributed by atoms with E-state index in [-0.39, 0.29) is 73.9 Å². The van der Waals surface area contributed by atoms with Gasteiger partial charge in [0.2, 0.25) is 11.7 Å². The Kier molecular flexibility index (Phi) is 13.6. The lowest BCUT2D eigenvalue weighted by molar-refractivity contribution is -0.384. The average Bonchev–Trinajstić information content (AvgIpc) is 4.09. The van der Waals surface area contributed by atoms with E-state index in [9.17, 15) is 29.5 Å². The standard InChI is InChI=1S/C48H58FN3O9/c1-5-25-58-48-43(51(46(55)32-17-18-32)30-31-15-19-34(49)20-16-31)29-41(50-61-47(2,3)4)39-26-33(11-6-8-23-53)38(14-7-9-24-54)44(45(39)48)40-28-37(21-22-42(40)60-48)59-36-13-10-12-35(27-36)52(56)57/h5,10,12-13,15-16,19-22,26-28,32-33,38,43-45,53-54H,1,6-9,11,14,17-18,23-25,29-30H2,2-4H3/t33-,38+,43-,44+,45+,48+/m0/s1. The maximum atomic E-state index is 14.7. The summed E-state index contributed by atoms with van der Waals surface area (Å²) in [6.07, 6.45) is 10.0. The van der Waals surface area contributed by atoms with Gasteiger partial charge in [-0.15, -0.1) is 6.58 Å². The number of rotatable bonds is 19. The maximum absolute atomic E-state index is 14.7. The number of non-ortho nitro benzene ring substituents is 1. The molecule has 1 aliphatic heterocycles. The predicted molar refractivity (Wildman–Crippen MR) is 229 cm³/mol. The average molecular weight is 840 g/mol. The number of allylic oxidation sites excluding steroid dienone is 1. The highest BCUT2D eigenvalue weighted by molar-refractivity contribution is 6.03. The molecule has 12 nitrogen and oxygen atoms in total. The molecule has 4 aliphatic rings. The molecule has 0 aromatic heterocycles. The summed E-state index contributed by atoms with van der Waals surface area (Å²) in [5, 5.41) is 36.4. The van der Waals surface area contributed by atoms with Crippen molar-refractivity contribution in [2.24, 2.45) is 28.8 Å². The van der Waals surface area contributed by atoms with E-state index in [1.807, 2.05) is 37.8 Å². The molecule has 0 unspecified atom stereocenters. The van der Waals surface area contributed by atoms with Gasteiger partial charge in [0, 0.05) is 49.6 Å². The van der Waals surface area contributed by atoms with Crippen LogP contribution in [0.1, 0.15) is 95.6 Å². The molecule has 13 heteroatoms. The number of amides is 1. The lowest BCUT2D eigenvalue weighted by atomic mass is 9.55. The van der Waals surface area contributed by atoms with Gasteiger partial charge < -0.3 is 34.2 Å². The number of halogens is 1. The summed E-state index contributed by atoms with van der Waals surface area (Å²) in [6, 6.07) is 17.1. The van der Waals surface area contributed by atoms with Crippen LogP contribution in [0, 0.1) is 39.6 Å². The zero-order valence-electron chi connectivity index (χ0n) is 35.3. The van der Waals surface area contributed by atoms with Crippen LogP contribution in [0.15, 0.2) is 96.2 Å². The topological polar surface area (TPSA) is 153 Å². The first-order chi connectivity index (χ1) is 29.3. The smallest absolute Gasteiger partial charge is 0.273 e. The molecule has 3 aromatic carbocycles. The molecular weight excluding hydrogens is 782 g/mol. The maximum Gasteiger partial charge on any atom is 0.273 e. The van der Waals surface area contributed by atoms with Crippen LogP contribution in [-0.4, -0.2) is 68.9 Å². The first-order valence-corrected chi connectivity index (χ1v) is 21.6. The first-order valence-electron chi connectivity index (χ1n) is 21.6. The highest BCUT2D eigenvalue weighted by Crippen LogP contribution is 2.62.